The summed E-state index contributed by atoms with van der Waals surface area (Å²) in [7, 11) is 1.89. The van der Waals surface area contributed by atoms with Crippen LogP contribution < -0.4 is 9.46 Å². The molecule has 0 aliphatic carbocycles. The van der Waals surface area contributed by atoms with Crippen LogP contribution in [0.2, 0.25) is 0 Å². The van der Waals surface area contributed by atoms with E-state index in [0.717, 1.165) is 44.2 Å². The molecule has 4 rings (SSSR count). The number of aryl methyl sites for hydroxylation is 5. The molecule has 2 aromatic heterocycles. The van der Waals surface area contributed by atoms with Gasteiger partial charge in [-0.05, 0) is 61.9 Å². The number of hydrogen-bond donors (Lipinski definition) is 1. The lowest BCUT2D eigenvalue weighted by Gasteiger charge is -2.15. The normalized spacial score (nSPS) is 10.9. The molecule has 1 N–H and O–H groups in total. The molecule has 6 nitrogen and oxygen atoms in total. The maximum atomic E-state index is 6.26. The van der Waals surface area contributed by atoms with Gasteiger partial charge >= 0.3 is 0 Å². The molecule has 0 amide bonds. The minimum absolute atomic E-state index is 0.482. The molecule has 2 aromatic carbocycles. The maximum absolute atomic E-state index is 6.26. The van der Waals surface area contributed by atoms with Gasteiger partial charge < -0.3 is 4.74 Å². The van der Waals surface area contributed by atoms with E-state index in [1.165, 1.54) is 11.9 Å². The number of benzene rings is 2. The third-order valence-corrected chi connectivity index (χ3v) is 5.73. The molecule has 2 heterocycles. The van der Waals surface area contributed by atoms with E-state index in [1.807, 2.05) is 51.4 Å². The fourth-order valence-corrected chi connectivity index (χ4v) is 4.10. The zero-order valence-corrected chi connectivity index (χ0v) is 19.1. The second-order valence-electron chi connectivity index (χ2n) is 7.56. The fourth-order valence-electron chi connectivity index (χ4n) is 3.49. The van der Waals surface area contributed by atoms with E-state index >= 15 is 0 Å². The van der Waals surface area contributed by atoms with Gasteiger partial charge in [-0.25, -0.2) is 4.98 Å². The van der Waals surface area contributed by atoms with Gasteiger partial charge in [0.1, 0.15) is 5.75 Å². The number of ether oxygens (including phenoxy) is 1. The lowest BCUT2D eigenvalue weighted by atomic mass is 10.00. The summed E-state index contributed by atoms with van der Waals surface area (Å²) in [5.74, 6) is 1.80. The van der Waals surface area contributed by atoms with Crippen LogP contribution in [0.4, 0.5) is 5.95 Å². The molecular weight excluding hydrogens is 406 g/mol. The highest BCUT2D eigenvalue weighted by atomic mass is 32.2. The quantitative estimate of drug-likeness (QED) is 0.377. The van der Waals surface area contributed by atoms with Gasteiger partial charge in [-0.2, -0.15) is 10.1 Å². The molecule has 0 radical (unpaired) electrons. The van der Waals surface area contributed by atoms with Gasteiger partial charge in [-0.3, -0.25) is 9.40 Å². The van der Waals surface area contributed by atoms with Crippen molar-refractivity contribution in [3.05, 3.63) is 77.1 Å². The monoisotopic (exact) mass is 431 g/mol. The molecule has 0 saturated heterocycles. The summed E-state index contributed by atoms with van der Waals surface area (Å²) in [6.45, 7) is 8.25. The zero-order chi connectivity index (χ0) is 22.0. The standard InChI is InChI=1S/C24H25N5OS/c1-15-8-6-9-16(2)22(15)20-12-21(30-23-17(3)10-7-11-18(23)4)27-24(26-20)28-31-19-13-25-29(5)14-19/h6-14H,1-5H3,(H,26,27,28). The van der Waals surface area contributed by atoms with Crippen molar-refractivity contribution in [2.75, 3.05) is 4.72 Å². The van der Waals surface area contributed by atoms with Crippen LogP contribution in [0.1, 0.15) is 22.3 Å². The summed E-state index contributed by atoms with van der Waals surface area (Å²) >= 11 is 1.41. The minimum Gasteiger partial charge on any atom is -0.438 e. The smallest absolute Gasteiger partial charge is 0.237 e. The van der Waals surface area contributed by atoms with Crippen LogP contribution in [0.3, 0.4) is 0 Å². The van der Waals surface area contributed by atoms with Crippen molar-refractivity contribution in [3.8, 4) is 22.9 Å². The highest BCUT2D eigenvalue weighted by molar-refractivity contribution is 8.00. The topological polar surface area (TPSA) is 64.9 Å². The van der Waals surface area contributed by atoms with Crippen LogP contribution >= 0.6 is 11.9 Å². The molecule has 0 aliphatic heterocycles. The van der Waals surface area contributed by atoms with Gasteiger partial charge in [-0.15, -0.1) is 0 Å². The molecule has 0 fully saturated rings. The molecule has 0 unspecified atom stereocenters. The van der Waals surface area contributed by atoms with E-state index in [-0.39, 0.29) is 0 Å². The van der Waals surface area contributed by atoms with Crippen LogP contribution in [-0.2, 0) is 7.05 Å². The second-order valence-corrected chi connectivity index (χ2v) is 8.44. The largest absolute Gasteiger partial charge is 0.438 e. The first kappa shape index (κ1) is 20.9. The van der Waals surface area contributed by atoms with Crippen LogP contribution in [-0.4, -0.2) is 19.7 Å². The summed E-state index contributed by atoms with van der Waals surface area (Å²) in [6.07, 6.45) is 3.72. The number of rotatable bonds is 6. The van der Waals surface area contributed by atoms with Crippen molar-refractivity contribution < 1.29 is 4.74 Å². The third-order valence-electron chi connectivity index (χ3n) is 5.00. The average molecular weight is 432 g/mol. The third kappa shape index (κ3) is 4.72. The van der Waals surface area contributed by atoms with E-state index < -0.39 is 0 Å². The molecule has 7 heteroatoms. The summed E-state index contributed by atoms with van der Waals surface area (Å²) in [6, 6.07) is 14.2. The summed E-state index contributed by atoms with van der Waals surface area (Å²) in [5.41, 5.74) is 6.34. The first-order valence-electron chi connectivity index (χ1n) is 10.0. The molecule has 158 valence electrons. The van der Waals surface area contributed by atoms with Crippen LogP contribution in [0.15, 0.2) is 59.8 Å². The second kappa shape index (κ2) is 8.81. The Balaban J connectivity index is 1.74. The van der Waals surface area contributed by atoms with E-state index in [0.29, 0.717) is 11.8 Å². The van der Waals surface area contributed by atoms with Crippen molar-refractivity contribution in [2.24, 2.45) is 7.05 Å². The van der Waals surface area contributed by atoms with Crippen LogP contribution in [0.5, 0.6) is 11.6 Å². The summed E-state index contributed by atoms with van der Waals surface area (Å²) < 4.78 is 11.3. The average Bonchev–Trinajstić information content (AvgIpc) is 3.14. The van der Waals surface area contributed by atoms with Gasteiger partial charge in [0, 0.05) is 24.9 Å². The van der Waals surface area contributed by atoms with Crippen LogP contribution in [0.25, 0.3) is 11.3 Å². The Hall–Kier alpha value is -3.32. The Morgan fingerprint density at radius 3 is 2.16 bits per heavy atom. The van der Waals surface area contributed by atoms with Gasteiger partial charge in [0.15, 0.2) is 0 Å². The van der Waals surface area contributed by atoms with Crippen molar-refractivity contribution in [2.45, 2.75) is 32.6 Å². The van der Waals surface area contributed by atoms with Crippen molar-refractivity contribution in [1.82, 2.24) is 19.7 Å². The molecule has 0 saturated carbocycles. The van der Waals surface area contributed by atoms with Crippen molar-refractivity contribution >= 4 is 17.9 Å². The van der Waals surface area contributed by atoms with Gasteiger partial charge in [0.25, 0.3) is 0 Å². The predicted molar refractivity (Wildman–Crippen MR) is 126 cm³/mol. The minimum atomic E-state index is 0.482. The van der Waals surface area contributed by atoms with E-state index in [4.69, 9.17) is 9.72 Å². The maximum Gasteiger partial charge on any atom is 0.237 e. The first-order valence-corrected chi connectivity index (χ1v) is 10.8. The molecule has 0 spiro atoms. The summed E-state index contributed by atoms with van der Waals surface area (Å²) in [5, 5.41) is 4.20. The number of nitrogens with zero attached hydrogens (tertiary/aromatic N) is 4. The lowest BCUT2D eigenvalue weighted by Crippen LogP contribution is -2.01. The molecule has 4 aromatic rings. The first-order chi connectivity index (χ1) is 14.9. The number of anilines is 1. The Labute approximate surface area is 186 Å². The van der Waals surface area contributed by atoms with Gasteiger partial charge in [-0.1, -0.05) is 36.4 Å². The number of aromatic nitrogens is 4. The van der Waals surface area contributed by atoms with Crippen molar-refractivity contribution in [3.63, 3.8) is 0 Å². The number of hydrogen-bond acceptors (Lipinski definition) is 6. The predicted octanol–water partition coefficient (Wildman–Crippen LogP) is 6.02. The molecule has 31 heavy (non-hydrogen) atoms. The SMILES string of the molecule is Cc1cccc(C)c1Oc1cc(-c2c(C)cccc2C)nc(NSc2cnn(C)c2)n1. The molecule has 0 aliphatic rings. The van der Waals surface area contributed by atoms with E-state index in [2.05, 4.69) is 46.9 Å². The lowest BCUT2D eigenvalue weighted by molar-refractivity contribution is 0.456. The highest BCUT2D eigenvalue weighted by Gasteiger charge is 2.14. The molecule has 0 atom stereocenters. The Morgan fingerprint density at radius 1 is 0.903 bits per heavy atom. The van der Waals surface area contributed by atoms with Crippen LogP contribution in [0, 0.1) is 27.7 Å². The number of nitrogens with one attached hydrogen (secondary N) is 1. The fraction of sp³-hybridized carbons (Fsp3) is 0.208. The molecular formula is C24H25N5OS. The van der Waals surface area contributed by atoms with E-state index in [9.17, 15) is 0 Å². The highest BCUT2D eigenvalue weighted by Crippen LogP contribution is 2.33. The van der Waals surface area contributed by atoms with Gasteiger partial charge in [0.2, 0.25) is 11.8 Å². The summed E-state index contributed by atoms with van der Waals surface area (Å²) in [4.78, 5) is 10.4. The zero-order valence-electron chi connectivity index (χ0n) is 18.3. The molecule has 0 bridgehead atoms. The Bertz CT molecular complexity index is 1190. The van der Waals surface area contributed by atoms with Crippen molar-refractivity contribution in [1.29, 1.82) is 0 Å². The number of para-hydroxylation sites is 1. The van der Waals surface area contributed by atoms with E-state index in [1.54, 1.807) is 10.9 Å². The Morgan fingerprint density at radius 2 is 1.55 bits per heavy atom. The van der Waals surface area contributed by atoms with Gasteiger partial charge in [0.05, 0.1) is 16.8 Å². The Kier molecular flexibility index (Phi) is 5.95.